The Labute approximate surface area is 198 Å². The molecule has 0 amide bonds. The van der Waals surface area contributed by atoms with Crippen molar-refractivity contribution in [3.63, 3.8) is 0 Å². The SMILES string of the molecule is CC[Si](CC)(c1ccccc1)[c-]1cccc1Cc1ccccc1.[Cl-].[Cl-].[Cl-].[Ti+4]. The first kappa shape index (κ1) is 28.8. The molecule has 3 rings (SSSR count). The van der Waals surface area contributed by atoms with Gasteiger partial charge in [-0.15, -0.1) is 0 Å². The van der Waals surface area contributed by atoms with Gasteiger partial charge in [0.25, 0.3) is 0 Å². The van der Waals surface area contributed by atoms with Crippen LogP contribution in [0.5, 0.6) is 0 Å². The zero-order valence-corrected chi connectivity index (χ0v) is 20.6. The standard InChI is InChI=1S/C22H25Si.3ClH.Ti/c1-3-23(4-2,21-15-9-6-10-16-21)22-17-11-14-20(22)18-19-12-7-5-8-13-19;;;;/h5-17H,3-4,18H2,1-2H3;3*1H;/q-1;;;;+4/p-3. The Balaban J connectivity index is 0. The van der Waals surface area contributed by atoms with Crippen molar-refractivity contribution in [3.8, 4) is 0 Å². The van der Waals surface area contributed by atoms with Gasteiger partial charge >= 0.3 is 21.7 Å². The second-order valence-corrected chi connectivity index (χ2v) is 11.0. The molecule has 142 valence electrons. The van der Waals surface area contributed by atoms with Gasteiger partial charge in [-0.1, -0.05) is 91.8 Å². The summed E-state index contributed by atoms with van der Waals surface area (Å²) >= 11 is 0. The van der Waals surface area contributed by atoms with Crippen molar-refractivity contribution in [1.29, 1.82) is 0 Å². The van der Waals surface area contributed by atoms with Crippen LogP contribution in [0.2, 0.25) is 12.1 Å². The van der Waals surface area contributed by atoms with Crippen molar-refractivity contribution in [1.82, 2.24) is 0 Å². The van der Waals surface area contributed by atoms with Gasteiger partial charge in [0.2, 0.25) is 0 Å². The molecule has 3 aromatic rings. The molecule has 0 N–H and O–H groups in total. The summed E-state index contributed by atoms with van der Waals surface area (Å²) in [4.78, 5) is 0. The van der Waals surface area contributed by atoms with E-state index in [1.54, 1.807) is 10.4 Å². The van der Waals surface area contributed by atoms with Crippen LogP contribution >= 0.6 is 0 Å². The summed E-state index contributed by atoms with van der Waals surface area (Å²) in [6.07, 6.45) is 1.05. The Morgan fingerprint density at radius 3 is 1.74 bits per heavy atom. The Morgan fingerprint density at radius 2 is 1.22 bits per heavy atom. The van der Waals surface area contributed by atoms with Crippen LogP contribution in [0, 0.1) is 0 Å². The first-order valence-corrected chi connectivity index (χ1v) is 11.1. The van der Waals surface area contributed by atoms with Crippen LogP contribution in [0.3, 0.4) is 0 Å². The van der Waals surface area contributed by atoms with E-state index in [2.05, 4.69) is 92.7 Å². The summed E-state index contributed by atoms with van der Waals surface area (Å²) in [5.74, 6) is 0. The van der Waals surface area contributed by atoms with Crippen LogP contribution in [-0.2, 0) is 28.1 Å². The maximum absolute atomic E-state index is 2.39. The van der Waals surface area contributed by atoms with Crippen molar-refractivity contribution >= 4 is 18.4 Å². The van der Waals surface area contributed by atoms with Crippen molar-refractivity contribution in [3.05, 3.63) is 90.0 Å². The van der Waals surface area contributed by atoms with E-state index < -0.39 is 8.07 Å². The molecule has 27 heavy (non-hydrogen) atoms. The smallest absolute Gasteiger partial charge is 1.00 e. The maximum Gasteiger partial charge on any atom is 4.00 e. The van der Waals surface area contributed by atoms with E-state index in [1.807, 2.05) is 0 Å². The summed E-state index contributed by atoms with van der Waals surface area (Å²) in [7, 11) is -1.64. The number of rotatable bonds is 6. The molecule has 0 fully saturated rings. The second-order valence-electron chi connectivity index (χ2n) is 6.28. The summed E-state index contributed by atoms with van der Waals surface area (Å²) in [5, 5.41) is 3.21. The Kier molecular flexibility index (Phi) is 14.6. The molecule has 0 aliphatic carbocycles. The molecule has 0 nitrogen and oxygen atoms in total. The minimum absolute atomic E-state index is 0. The molecule has 0 bridgehead atoms. The van der Waals surface area contributed by atoms with Crippen LogP contribution < -0.4 is 47.6 Å². The van der Waals surface area contributed by atoms with Gasteiger partial charge in [0, 0.05) is 0 Å². The molecular weight excluding hydrogens is 447 g/mol. The molecule has 0 aliphatic rings. The molecular formula is C22H25Cl3SiTi. The second kappa shape index (κ2) is 13.7. The largest absolute Gasteiger partial charge is 4.00 e. The topological polar surface area (TPSA) is 0 Å². The molecule has 0 aliphatic heterocycles. The van der Waals surface area contributed by atoms with Gasteiger partial charge in [0.1, 0.15) is 0 Å². The number of benzene rings is 2. The monoisotopic (exact) mass is 470 g/mol. The molecule has 0 spiro atoms. The summed E-state index contributed by atoms with van der Waals surface area (Å²) in [6, 6.07) is 31.6. The first-order chi connectivity index (χ1) is 11.3. The van der Waals surface area contributed by atoms with Crippen molar-refractivity contribution in [2.75, 3.05) is 0 Å². The fourth-order valence-corrected chi connectivity index (χ4v) is 8.27. The number of halogens is 3. The Morgan fingerprint density at radius 1 is 0.704 bits per heavy atom. The molecule has 0 atom stereocenters. The van der Waals surface area contributed by atoms with E-state index in [4.69, 9.17) is 0 Å². The molecule has 0 heterocycles. The van der Waals surface area contributed by atoms with E-state index in [0.717, 1.165) is 6.42 Å². The predicted molar refractivity (Wildman–Crippen MR) is 104 cm³/mol. The minimum atomic E-state index is -1.64. The van der Waals surface area contributed by atoms with Crippen LogP contribution in [-0.4, -0.2) is 8.07 Å². The maximum atomic E-state index is 2.39. The van der Waals surface area contributed by atoms with Crippen molar-refractivity contribution in [2.45, 2.75) is 32.4 Å². The zero-order valence-electron chi connectivity index (χ0n) is 15.8. The average Bonchev–Trinajstić information content (AvgIpc) is 3.07. The quantitative estimate of drug-likeness (QED) is 0.252. The molecule has 0 unspecified atom stereocenters. The number of hydrogen-bond acceptors (Lipinski definition) is 0. The third-order valence-electron chi connectivity index (χ3n) is 5.19. The third-order valence-corrected chi connectivity index (χ3v) is 10.6. The Hall–Kier alpha value is -0.409. The van der Waals surface area contributed by atoms with Crippen molar-refractivity contribution in [2.24, 2.45) is 0 Å². The molecule has 3 aromatic carbocycles. The van der Waals surface area contributed by atoms with Gasteiger partial charge in [-0.2, -0.15) is 16.8 Å². The van der Waals surface area contributed by atoms with Gasteiger partial charge in [-0.25, -0.2) is 12.1 Å². The van der Waals surface area contributed by atoms with Gasteiger partial charge in [-0.05, 0) is 12.0 Å². The number of hydrogen-bond donors (Lipinski definition) is 0. The van der Waals surface area contributed by atoms with Crippen LogP contribution in [0.25, 0.3) is 0 Å². The summed E-state index contributed by atoms with van der Waals surface area (Å²) < 4.78 is 0. The fourth-order valence-electron chi connectivity index (χ4n) is 3.85. The molecule has 0 radical (unpaired) electrons. The van der Waals surface area contributed by atoms with E-state index in [1.165, 1.54) is 23.2 Å². The van der Waals surface area contributed by atoms with E-state index in [-0.39, 0.29) is 58.9 Å². The zero-order chi connectivity index (χ0) is 16.1. The van der Waals surface area contributed by atoms with Gasteiger partial charge in [-0.3, -0.25) is 0 Å². The van der Waals surface area contributed by atoms with Gasteiger partial charge in [0.05, 0.1) is 8.07 Å². The molecule has 0 aromatic heterocycles. The average molecular weight is 472 g/mol. The molecule has 5 heteroatoms. The molecule has 0 saturated carbocycles. The van der Waals surface area contributed by atoms with Crippen LogP contribution in [0.4, 0.5) is 0 Å². The van der Waals surface area contributed by atoms with E-state index in [9.17, 15) is 0 Å². The van der Waals surface area contributed by atoms with Crippen LogP contribution in [0.15, 0.2) is 78.9 Å². The fraction of sp³-hybridized carbons (Fsp3) is 0.227. The minimum Gasteiger partial charge on any atom is -1.00 e. The molecule has 0 saturated heterocycles. The summed E-state index contributed by atoms with van der Waals surface area (Å²) in [5.41, 5.74) is 2.93. The van der Waals surface area contributed by atoms with Gasteiger partial charge in [0.15, 0.2) is 0 Å². The normalized spacial score (nSPS) is 9.85. The van der Waals surface area contributed by atoms with E-state index in [0.29, 0.717) is 0 Å². The van der Waals surface area contributed by atoms with E-state index >= 15 is 0 Å². The van der Waals surface area contributed by atoms with Gasteiger partial charge < -0.3 is 37.2 Å². The van der Waals surface area contributed by atoms with Crippen molar-refractivity contribution < 1.29 is 58.9 Å². The first-order valence-electron chi connectivity index (χ1n) is 8.64. The van der Waals surface area contributed by atoms with Crippen LogP contribution in [0.1, 0.15) is 25.0 Å². The predicted octanol–water partition coefficient (Wildman–Crippen LogP) is -4.39. The summed E-state index contributed by atoms with van der Waals surface area (Å²) in [6.45, 7) is 4.75. The Bertz CT molecular complexity index is 741. The third kappa shape index (κ3) is 6.29.